The molecule has 0 aliphatic carbocycles. The number of likely N-dealkylation sites (tertiary alicyclic amines) is 1. The Morgan fingerprint density at radius 2 is 2.20 bits per heavy atom. The number of hydrogen-bond acceptors (Lipinski definition) is 6. The van der Waals surface area contributed by atoms with Crippen molar-refractivity contribution in [2.45, 2.75) is 25.3 Å². The topological polar surface area (TPSA) is 65.9 Å². The maximum atomic E-state index is 12.2. The van der Waals surface area contributed by atoms with Crippen LogP contribution in [0.3, 0.4) is 0 Å². The average Bonchev–Trinajstić information content (AvgIpc) is 3.37. The molecule has 0 saturated carbocycles. The van der Waals surface area contributed by atoms with Gasteiger partial charge in [-0.3, -0.25) is 14.7 Å². The van der Waals surface area contributed by atoms with Crippen molar-refractivity contribution in [3.63, 3.8) is 0 Å². The smallest absolute Gasteiger partial charge is 0.308 e. The fraction of sp³-hybridized carbons (Fsp3) is 0.429. The fourth-order valence-corrected chi connectivity index (χ4v) is 5.65. The third-order valence-corrected chi connectivity index (χ3v) is 7.75. The molecular weight excluding hydrogens is 458 g/mol. The lowest BCUT2D eigenvalue weighted by Gasteiger charge is -2.37. The van der Waals surface area contributed by atoms with Crippen LogP contribution in [-0.2, 0) is 4.79 Å². The standard InChI is InChI=1S/C28H33N3O3S/c1-30(2)27(23-12-14-29-26-10-9-21(34-3)18-24(23)26)11-8-20-13-16-31(19-25(20)28(32)33)15-4-6-22-7-5-17-35-22/h5,7,9-10,12,14,17-18,20,25,27H,8,11,13,15-16,19H2,1-3H3,(H,32,33)/t20-,25+,27?/m1/s1. The molecule has 7 heteroatoms. The summed E-state index contributed by atoms with van der Waals surface area (Å²) in [4.78, 5) is 22.1. The van der Waals surface area contributed by atoms with Gasteiger partial charge in [-0.15, -0.1) is 11.3 Å². The Balaban J connectivity index is 1.45. The van der Waals surface area contributed by atoms with E-state index in [1.165, 1.54) is 5.56 Å². The van der Waals surface area contributed by atoms with Crippen LogP contribution in [0.4, 0.5) is 0 Å². The van der Waals surface area contributed by atoms with Gasteiger partial charge in [0.15, 0.2) is 0 Å². The second-order valence-corrected chi connectivity index (χ2v) is 10.3. The van der Waals surface area contributed by atoms with Gasteiger partial charge in [-0.1, -0.05) is 17.9 Å². The minimum Gasteiger partial charge on any atom is -0.497 e. The predicted molar refractivity (Wildman–Crippen MR) is 141 cm³/mol. The molecule has 2 aromatic heterocycles. The van der Waals surface area contributed by atoms with Crippen LogP contribution < -0.4 is 4.74 Å². The first-order valence-corrected chi connectivity index (χ1v) is 12.9. The van der Waals surface area contributed by atoms with Gasteiger partial charge in [0.05, 0.1) is 30.0 Å². The Morgan fingerprint density at radius 1 is 1.34 bits per heavy atom. The van der Waals surface area contributed by atoms with E-state index in [0.29, 0.717) is 13.1 Å². The average molecular weight is 492 g/mol. The Labute approximate surface area is 211 Å². The van der Waals surface area contributed by atoms with Gasteiger partial charge in [0.25, 0.3) is 0 Å². The third kappa shape index (κ3) is 6.21. The molecule has 0 spiro atoms. The Morgan fingerprint density at radius 3 is 2.91 bits per heavy atom. The second-order valence-electron chi connectivity index (χ2n) is 9.35. The van der Waals surface area contributed by atoms with Crippen molar-refractivity contribution in [3.05, 3.63) is 58.4 Å². The van der Waals surface area contributed by atoms with Crippen LogP contribution in [0.1, 0.15) is 35.7 Å². The summed E-state index contributed by atoms with van der Waals surface area (Å²) in [6.45, 7) is 2.05. The zero-order valence-corrected chi connectivity index (χ0v) is 21.4. The lowest BCUT2D eigenvalue weighted by Crippen LogP contribution is -2.44. The number of aliphatic carboxylic acids is 1. The highest BCUT2D eigenvalue weighted by molar-refractivity contribution is 7.10. The summed E-state index contributed by atoms with van der Waals surface area (Å²) in [7, 11) is 5.84. The van der Waals surface area contributed by atoms with Crippen LogP contribution in [0.5, 0.6) is 5.75 Å². The predicted octanol–water partition coefficient (Wildman–Crippen LogP) is 4.76. The summed E-state index contributed by atoms with van der Waals surface area (Å²) in [5.74, 6) is 6.28. The molecule has 1 saturated heterocycles. The lowest BCUT2D eigenvalue weighted by atomic mass is 9.80. The molecule has 1 N–H and O–H groups in total. The highest BCUT2D eigenvalue weighted by Gasteiger charge is 2.34. The molecule has 35 heavy (non-hydrogen) atoms. The minimum absolute atomic E-state index is 0.152. The largest absolute Gasteiger partial charge is 0.497 e. The molecule has 1 unspecified atom stereocenters. The number of ether oxygens (including phenoxy) is 1. The maximum Gasteiger partial charge on any atom is 0.308 e. The summed E-state index contributed by atoms with van der Waals surface area (Å²) in [5.41, 5.74) is 2.14. The van der Waals surface area contributed by atoms with Crippen molar-refractivity contribution >= 4 is 28.2 Å². The Hall–Kier alpha value is -2.92. The van der Waals surface area contributed by atoms with E-state index < -0.39 is 5.97 Å². The first kappa shape index (κ1) is 25.2. The molecule has 0 bridgehead atoms. The van der Waals surface area contributed by atoms with Gasteiger partial charge in [-0.25, -0.2) is 0 Å². The summed E-state index contributed by atoms with van der Waals surface area (Å²) in [5, 5.41) is 13.1. The molecule has 1 aromatic carbocycles. The number of benzene rings is 1. The number of carboxylic acids is 1. The highest BCUT2D eigenvalue weighted by Crippen LogP contribution is 2.35. The van der Waals surface area contributed by atoms with E-state index in [1.54, 1.807) is 18.4 Å². The van der Waals surface area contributed by atoms with Crippen LogP contribution >= 0.6 is 11.3 Å². The number of pyridine rings is 1. The minimum atomic E-state index is -0.702. The van der Waals surface area contributed by atoms with Gasteiger partial charge in [0.1, 0.15) is 5.75 Å². The van der Waals surface area contributed by atoms with Gasteiger partial charge in [-0.2, -0.15) is 0 Å². The zero-order valence-electron chi connectivity index (χ0n) is 20.6. The molecule has 1 fully saturated rings. The van der Waals surface area contributed by atoms with E-state index in [-0.39, 0.29) is 17.9 Å². The fourth-order valence-electron chi connectivity index (χ4n) is 5.05. The molecule has 6 nitrogen and oxygen atoms in total. The molecule has 3 aromatic rings. The van der Waals surface area contributed by atoms with Gasteiger partial charge in [-0.05, 0) is 87.1 Å². The maximum absolute atomic E-state index is 12.2. The number of fused-ring (bicyclic) bond motifs is 1. The highest BCUT2D eigenvalue weighted by atomic mass is 32.1. The lowest BCUT2D eigenvalue weighted by molar-refractivity contribution is -0.146. The third-order valence-electron chi connectivity index (χ3n) is 6.97. The number of methoxy groups -OCH3 is 1. The quantitative estimate of drug-likeness (QED) is 0.458. The van der Waals surface area contributed by atoms with Crippen molar-refractivity contribution < 1.29 is 14.6 Å². The molecule has 184 valence electrons. The number of piperidine rings is 1. The molecular formula is C28H33N3O3S. The van der Waals surface area contributed by atoms with Crippen LogP contribution in [0.2, 0.25) is 0 Å². The van der Waals surface area contributed by atoms with Crippen molar-refractivity contribution in [2.24, 2.45) is 11.8 Å². The first-order valence-electron chi connectivity index (χ1n) is 12.0. The van der Waals surface area contributed by atoms with E-state index in [1.807, 2.05) is 41.9 Å². The molecule has 0 amide bonds. The normalized spacial score (nSPS) is 19.3. The van der Waals surface area contributed by atoms with E-state index >= 15 is 0 Å². The van der Waals surface area contributed by atoms with Crippen LogP contribution in [0.25, 0.3) is 10.9 Å². The van der Waals surface area contributed by atoms with Crippen LogP contribution in [0.15, 0.2) is 48.0 Å². The molecule has 4 rings (SSSR count). The molecule has 1 aliphatic rings. The van der Waals surface area contributed by atoms with E-state index in [2.05, 4.69) is 46.8 Å². The summed E-state index contributed by atoms with van der Waals surface area (Å²) < 4.78 is 5.45. The van der Waals surface area contributed by atoms with Gasteiger partial charge in [0, 0.05) is 24.2 Å². The Bertz CT molecular complexity index is 1200. The molecule has 1 aliphatic heterocycles. The van der Waals surface area contributed by atoms with E-state index in [9.17, 15) is 9.90 Å². The van der Waals surface area contributed by atoms with E-state index in [0.717, 1.165) is 47.3 Å². The number of nitrogens with zero attached hydrogens (tertiary/aromatic N) is 3. The second kappa shape index (κ2) is 11.7. The molecule has 0 radical (unpaired) electrons. The zero-order chi connectivity index (χ0) is 24.8. The first-order chi connectivity index (χ1) is 17.0. The van der Waals surface area contributed by atoms with Gasteiger partial charge in [0.2, 0.25) is 0 Å². The monoisotopic (exact) mass is 491 g/mol. The summed E-state index contributed by atoms with van der Waals surface area (Å²) >= 11 is 1.63. The summed E-state index contributed by atoms with van der Waals surface area (Å²) in [6.07, 6.45) is 4.48. The van der Waals surface area contributed by atoms with Crippen molar-refractivity contribution in [1.82, 2.24) is 14.8 Å². The van der Waals surface area contributed by atoms with Crippen molar-refractivity contribution in [1.29, 1.82) is 0 Å². The van der Waals surface area contributed by atoms with Gasteiger partial charge >= 0.3 is 5.97 Å². The Kier molecular flexibility index (Phi) is 8.40. The van der Waals surface area contributed by atoms with Crippen molar-refractivity contribution in [3.8, 4) is 17.6 Å². The van der Waals surface area contributed by atoms with Crippen LogP contribution in [0, 0.1) is 23.7 Å². The number of carbonyl (C=O) groups is 1. The van der Waals surface area contributed by atoms with Gasteiger partial charge < -0.3 is 14.7 Å². The number of thiophene rings is 1. The number of aromatic nitrogens is 1. The molecule has 3 atom stereocenters. The number of hydrogen-bond donors (Lipinski definition) is 1. The molecule has 3 heterocycles. The van der Waals surface area contributed by atoms with E-state index in [4.69, 9.17) is 4.74 Å². The summed E-state index contributed by atoms with van der Waals surface area (Å²) in [6, 6.07) is 12.2. The number of rotatable bonds is 8. The number of carboxylic acid groups (broad SMARTS) is 1. The van der Waals surface area contributed by atoms with Crippen molar-refractivity contribution in [2.75, 3.05) is 40.8 Å². The van der Waals surface area contributed by atoms with Crippen LogP contribution in [-0.4, -0.2) is 66.7 Å². The SMILES string of the molecule is COc1ccc2nccc(C(CC[C@@H]3CCN(CC#Cc4cccs4)C[C@@H]3C(=O)O)N(C)C)c2c1.